The molecule has 5 heteroatoms. The zero-order chi connectivity index (χ0) is 13.1. The van der Waals surface area contributed by atoms with Crippen LogP contribution in [-0.4, -0.2) is 33.0 Å². The molecule has 17 heavy (non-hydrogen) atoms. The molecule has 0 atom stereocenters. The second-order valence-electron chi connectivity index (χ2n) is 3.01. The lowest BCUT2D eigenvalue weighted by Crippen LogP contribution is -2.17. The summed E-state index contributed by atoms with van der Waals surface area (Å²) in [5.41, 5.74) is 1.14. The Bertz CT molecular complexity index is 344. The minimum Gasteiger partial charge on any atom is -0.464 e. The van der Waals surface area contributed by atoms with Gasteiger partial charge in [-0.15, -0.1) is 0 Å². The maximum Gasteiger partial charge on any atom is 0.354 e. The quantitative estimate of drug-likeness (QED) is 0.300. The molecule has 0 fully saturated rings. The summed E-state index contributed by atoms with van der Waals surface area (Å²) in [6, 6.07) is 0. The Labute approximate surface area is 102 Å². The summed E-state index contributed by atoms with van der Waals surface area (Å²) < 4.78 is 4.56. The Balaban J connectivity index is 4.12. The molecule has 0 unspecified atom stereocenters. The first kappa shape index (κ1) is 15.0. The molecule has 0 amide bonds. The number of carbonyl (C=O) groups is 1. The van der Waals surface area contributed by atoms with Crippen LogP contribution in [0.2, 0.25) is 0 Å². The van der Waals surface area contributed by atoms with E-state index in [-0.39, 0.29) is 0 Å². The van der Waals surface area contributed by atoms with Gasteiger partial charge in [-0.05, 0) is 19.1 Å². The molecular weight excluding hydrogens is 218 g/mol. The number of methoxy groups -OCH3 is 1. The van der Waals surface area contributed by atoms with E-state index >= 15 is 0 Å². The van der Waals surface area contributed by atoms with Gasteiger partial charge in [0.25, 0.3) is 0 Å². The zero-order valence-corrected chi connectivity index (χ0v) is 10.5. The fourth-order valence-electron chi connectivity index (χ4n) is 0.951. The average Bonchev–Trinajstić information content (AvgIpc) is 2.33. The topological polar surface area (TPSA) is 62.7 Å². The highest BCUT2D eigenvalue weighted by Gasteiger charge is 2.04. The summed E-state index contributed by atoms with van der Waals surface area (Å²) >= 11 is 0. The van der Waals surface area contributed by atoms with E-state index in [0.717, 1.165) is 5.70 Å². The molecule has 0 aromatic carbocycles. The van der Waals surface area contributed by atoms with Crippen LogP contribution in [0.5, 0.6) is 0 Å². The van der Waals surface area contributed by atoms with E-state index in [4.69, 9.17) is 0 Å². The average molecular weight is 237 g/mol. The van der Waals surface area contributed by atoms with Crippen LogP contribution in [0.3, 0.4) is 0 Å². The van der Waals surface area contributed by atoms with E-state index in [2.05, 4.69) is 26.9 Å². The number of esters is 1. The van der Waals surface area contributed by atoms with Crippen molar-refractivity contribution in [1.82, 2.24) is 10.6 Å². The third kappa shape index (κ3) is 6.94. The molecule has 0 spiro atoms. The van der Waals surface area contributed by atoms with Crippen molar-refractivity contribution in [2.45, 2.75) is 6.92 Å². The molecule has 0 aliphatic carbocycles. The van der Waals surface area contributed by atoms with Gasteiger partial charge in [-0.1, -0.05) is 12.7 Å². The molecule has 0 aromatic heterocycles. The lowest BCUT2D eigenvalue weighted by molar-refractivity contribution is -0.136. The van der Waals surface area contributed by atoms with E-state index < -0.39 is 5.97 Å². The number of ether oxygens (including phenoxy) is 1. The standard InChI is InChI=1S/C12H19N3O2/c1-5-6-10(2)15-9-14-8-7-11(13-3)12(16)17-4/h5-8,13,15H,2,9H2,1,3-4H3/b6-5-,11-7-,14-8-. The summed E-state index contributed by atoms with van der Waals surface area (Å²) in [5, 5.41) is 5.69. The number of nitrogens with zero attached hydrogens (tertiary/aromatic N) is 1. The van der Waals surface area contributed by atoms with Gasteiger partial charge in [-0.2, -0.15) is 0 Å². The van der Waals surface area contributed by atoms with Gasteiger partial charge in [0.2, 0.25) is 0 Å². The summed E-state index contributed by atoms with van der Waals surface area (Å²) in [7, 11) is 2.97. The van der Waals surface area contributed by atoms with Gasteiger partial charge < -0.3 is 15.4 Å². The van der Waals surface area contributed by atoms with Crippen molar-refractivity contribution in [3.63, 3.8) is 0 Å². The van der Waals surface area contributed by atoms with Crippen molar-refractivity contribution in [1.29, 1.82) is 0 Å². The van der Waals surface area contributed by atoms with Crippen LogP contribution in [0.25, 0.3) is 0 Å². The highest BCUT2D eigenvalue weighted by molar-refractivity contribution is 5.92. The maximum absolute atomic E-state index is 11.1. The third-order valence-electron chi connectivity index (χ3n) is 1.79. The van der Waals surface area contributed by atoms with Crippen molar-refractivity contribution in [2.24, 2.45) is 4.99 Å². The van der Waals surface area contributed by atoms with Crippen LogP contribution >= 0.6 is 0 Å². The second-order valence-corrected chi connectivity index (χ2v) is 3.01. The van der Waals surface area contributed by atoms with Gasteiger partial charge in [0.1, 0.15) is 12.4 Å². The largest absolute Gasteiger partial charge is 0.464 e. The first-order chi connectivity index (χ1) is 8.15. The third-order valence-corrected chi connectivity index (χ3v) is 1.79. The number of likely N-dealkylation sites (N-methyl/N-ethyl adjacent to an activating group) is 1. The van der Waals surface area contributed by atoms with Crippen LogP contribution in [-0.2, 0) is 9.53 Å². The predicted molar refractivity (Wildman–Crippen MR) is 69.6 cm³/mol. The fraction of sp³-hybridized carbons (Fsp3) is 0.333. The monoisotopic (exact) mass is 237 g/mol. The molecule has 0 rings (SSSR count). The summed E-state index contributed by atoms with van der Waals surface area (Å²) in [5.74, 6) is -0.426. The van der Waals surface area contributed by atoms with Gasteiger partial charge in [0, 0.05) is 19.0 Å². The van der Waals surface area contributed by atoms with Gasteiger partial charge in [-0.3, -0.25) is 4.99 Å². The molecular formula is C12H19N3O2. The SMILES string of the molecule is C=C(/C=C\C)NC/N=C\C=C(/NC)C(=O)OC. The van der Waals surface area contributed by atoms with E-state index in [0.29, 0.717) is 12.4 Å². The van der Waals surface area contributed by atoms with Gasteiger partial charge in [0.05, 0.1) is 7.11 Å². The lowest BCUT2D eigenvalue weighted by atomic mass is 10.4. The van der Waals surface area contributed by atoms with E-state index in [9.17, 15) is 4.79 Å². The van der Waals surface area contributed by atoms with Crippen molar-refractivity contribution in [2.75, 3.05) is 20.8 Å². The first-order valence-electron chi connectivity index (χ1n) is 5.17. The van der Waals surface area contributed by atoms with Crippen LogP contribution in [0.15, 0.2) is 41.2 Å². The second kappa shape index (κ2) is 9.21. The molecule has 94 valence electrons. The predicted octanol–water partition coefficient (Wildman–Crippen LogP) is 0.970. The van der Waals surface area contributed by atoms with Crippen LogP contribution in [0.1, 0.15) is 6.92 Å². The van der Waals surface area contributed by atoms with Crippen LogP contribution in [0.4, 0.5) is 0 Å². The van der Waals surface area contributed by atoms with Crippen molar-refractivity contribution in [3.05, 3.63) is 36.2 Å². The van der Waals surface area contributed by atoms with Crippen molar-refractivity contribution < 1.29 is 9.53 Å². The lowest BCUT2D eigenvalue weighted by Gasteiger charge is -2.02. The number of allylic oxidation sites excluding steroid dienone is 3. The first-order valence-corrected chi connectivity index (χ1v) is 5.17. The number of hydrogen-bond donors (Lipinski definition) is 2. The summed E-state index contributed by atoms with van der Waals surface area (Å²) in [6.45, 7) is 6.07. The Morgan fingerprint density at radius 1 is 1.53 bits per heavy atom. The Morgan fingerprint density at radius 2 is 2.24 bits per heavy atom. The smallest absolute Gasteiger partial charge is 0.354 e. The molecule has 0 heterocycles. The zero-order valence-electron chi connectivity index (χ0n) is 10.5. The molecule has 0 aromatic rings. The molecule has 0 bridgehead atoms. The number of carbonyl (C=O) groups excluding carboxylic acids is 1. The van der Waals surface area contributed by atoms with E-state index in [1.165, 1.54) is 13.3 Å². The van der Waals surface area contributed by atoms with Crippen molar-refractivity contribution >= 4 is 12.2 Å². The number of hydrogen-bond acceptors (Lipinski definition) is 5. The van der Waals surface area contributed by atoms with Crippen LogP contribution < -0.4 is 10.6 Å². The summed E-state index contributed by atoms with van der Waals surface area (Å²) in [6.07, 6.45) is 6.80. The van der Waals surface area contributed by atoms with Gasteiger partial charge in [0.15, 0.2) is 0 Å². The van der Waals surface area contributed by atoms with Crippen molar-refractivity contribution in [3.8, 4) is 0 Å². The van der Waals surface area contributed by atoms with E-state index in [1.807, 2.05) is 19.1 Å². The molecule has 0 saturated carbocycles. The highest BCUT2D eigenvalue weighted by atomic mass is 16.5. The minimum absolute atomic E-state index is 0.350. The van der Waals surface area contributed by atoms with Crippen LogP contribution in [0, 0.1) is 0 Å². The maximum atomic E-state index is 11.1. The van der Waals surface area contributed by atoms with Gasteiger partial charge >= 0.3 is 5.97 Å². The Kier molecular flexibility index (Phi) is 8.10. The van der Waals surface area contributed by atoms with E-state index in [1.54, 1.807) is 13.1 Å². The number of nitrogens with one attached hydrogen (secondary N) is 2. The molecule has 0 radical (unpaired) electrons. The molecule has 0 saturated heterocycles. The molecule has 2 N–H and O–H groups in total. The Morgan fingerprint density at radius 3 is 2.76 bits per heavy atom. The fourth-order valence-corrected chi connectivity index (χ4v) is 0.951. The summed E-state index contributed by atoms with van der Waals surface area (Å²) in [4.78, 5) is 15.2. The highest BCUT2D eigenvalue weighted by Crippen LogP contribution is 1.90. The molecule has 5 nitrogen and oxygen atoms in total. The Hall–Kier alpha value is -2.04. The molecule has 0 aliphatic rings. The van der Waals surface area contributed by atoms with Gasteiger partial charge in [-0.25, -0.2) is 4.79 Å². The number of rotatable bonds is 7. The molecule has 0 aliphatic heterocycles. The normalized spacial score (nSPS) is 11.8. The minimum atomic E-state index is -0.426. The number of aliphatic imine (C=N–C) groups is 1.